The second kappa shape index (κ2) is 7.27. The molecule has 5 nitrogen and oxygen atoms in total. The van der Waals surface area contributed by atoms with Gasteiger partial charge in [0.15, 0.2) is 0 Å². The molecule has 1 heterocycles. The quantitative estimate of drug-likeness (QED) is 0.690. The van der Waals surface area contributed by atoms with Crippen molar-refractivity contribution in [2.24, 2.45) is 0 Å². The molecule has 0 bridgehead atoms. The number of rotatable bonds is 4. The molecule has 0 aliphatic rings. The summed E-state index contributed by atoms with van der Waals surface area (Å²) in [5.74, 6) is 0.440. The highest BCUT2D eigenvalue weighted by Gasteiger charge is 2.18. The molecule has 0 aliphatic heterocycles. The van der Waals surface area contributed by atoms with Crippen molar-refractivity contribution in [3.63, 3.8) is 0 Å². The maximum absolute atomic E-state index is 12.7. The molecule has 0 atom stereocenters. The van der Waals surface area contributed by atoms with E-state index in [1.54, 1.807) is 25.3 Å². The minimum Gasteiger partial charge on any atom is -0.497 e. The third-order valence-electron chi connectivity index (χ3n) is 4.54. The van der Waals surface area contributed by atoms with Crippen LogP contribution in [0.25, 0.3) is 11.3 Å². The molecule has 0 aliphatic carbocycles. The molecule has 2 aromatic carbocycles. The second-order valence-corrected chi connectivity index (χ2v) is 7.59. The van der Waals surface area contributed by atoms with Gasteiger partial charge in [0.05, 0.1) is 18.5 Å². The minimum atomic E-state index is -0.203. The van der Waals surface area contributed by atoms with Gasteiger partial charge >= 0.3 is 0 Å². The number of aromatic amines is 1. The summed E-state index contributed by atoms with van der Waals surface area (Å²) >= 11 is 0. The predicted octanol–water partition coefficient (Wildman–Crippen LogP) is 4.94. The van der Waals surface area contributed by atoms with E-state index >= 15 is 0 Å². The number of anilines is 1. The first-order valence-corrected chi connectivity index (χ1v) is 8.91. The molecule has 2 N–H and O–H groups in total. The average Bonchev–Trinajstić information content (AvgIpc) is 3.01. The first-order chi connectivity index (χ1) is 12.8. The topological polar surface area (TPSA) is 67.0 Å². The summed E-state index contributed by atoms with van der Waals surface area (Å²) in [4.78, 5) is 12.7. The number of H-pyrrole nitrogens is 1. The Labute approximate surface area is 159 Å². The minimum absolute atomic E-state index is 0.0867. The molecule has 1 amide bonds. The van der Waals surface area contributed by atoms with Crippen LogP contribution in [0.4, 0.5) is 5.69 Å². The standard InChI is InChI=1S/C22H25N3O2/c1-14-19(23-21(26)16-7-6-8-18(13-16)27-5)20(25-24-14)15-9-11-17(12-10-15)22(2,3)4/h6-13H,1-5H3,(H,23,26)(H,24,25). The number of nitrogens with one attached hydrogen (secondary N) is 2. The highest BCUT2D eigenvalue weighted by Crippen LogP contribution is 2.31. The van der Waals surface area contributed by atoms with E-state index in [1.165, 1.54) is 5.56 Å². The summed E-state index contributed by atoms with van der Waals surface area (Å²) in [6, 6.07) is 15.4. The highest BCUT2D eigenvalue weighted by atomic mass is 16.5. The van der Waals surface area contributed by atoms with Gasteiger partial charge in [-0.1, -0.05) is 51.1 Å². The number of methoxy groups -OCH3 is 1. The number of nitrogens with zero attached hydrogens (tertiary/aromatic N) is 1. The lowest BCUT2D eigenvalue weighted by molar-refractivity contribution is 0.102. The van der Waals surface area contributed by atoms with Gasteiger partial charge in [0.25, 0.3) is 5.91 Å². The van der Waals surface area contributed by atoms with E-state index in [9.17, 15) is 4.79 Å². The molecule has 1 aromatic heterocycles. The SMILES string of the molecule is COc1cccc(C(=O)Nc2c(-c3ccc(C(C)(C)C)cc3)n[nH]c2C)c1. The molecule has 140 valence electrons. The Bertz CT molecular complexity index is 950. The van der Waals surface area contributed by atoms with Crippen molar-refractivity contribution in [2.75, 3.05) is 12.4 Å². The zero-order chi connectivity index (χ0) is 19.6. The number of hydrogen-bond donors (Lipinski definition) is 2. The van der Waals surface area contributed by atoms with Crippen molar-refractivity contribution in [3.05, 3.63) is 65.4 Å². The second-order valence-electron chi connectivity index (χ2n) is 7.59. The normalized spacial score (nSPS) is 11.3. The fourth-order valence-electron chi connectivity index (χ4n) is 2.87. The summed E-state index contributed by atoms with van der Waals surface area (Å²) < 4.78 is 5.20. The number of carbonyl (C=O) groups excluding carboxylic acids is 1. The molecular weight excluding hydrogens is 338 g/mol. The van der Waals surface area contributed by atoms with Crippen LogP contribution in [0.1, 0.15) is 42.4 Å². The van der Waals surface area contributed by atoms with E-state index in [4.69, 9.17) is 4.74 Å². The lowest BCUT2D eigenvalue weighted by atomic mass is 9.86. The van der Waals surface area contributed by atoms with Gasteiger partial charge in [-0.2, -0.15) is 5.10 Å². The first-order valence-electron chi connectivity index (χ1n) is 8.91. The monoisotopic (exact) mass is 363 g/mol. The maximum Gasteiger partial charge on any atom is 0.255 e. The first kappa shape index (κ1) is 18.7. The van der Waals surface area contributed by atoms with Gasteiger partial charge in [-0.25, -0.2) is 0 Å². The van der Waals surface area contributed by atoms with Crippen molar-refractivity contribution in [2.45, 2.75) is 33.1 Å². The molecule has 3 rings (SSSR count). The summed E-state index contributed by atoms with van der Waals surface area (Å²) in [5, 5.41) is 10.3. The summed E-state index contributed by atoms with van der Waals surface area (Å²) in [6.07, 6.45) is 0. The summed E-state index contributed by atoms with van der Waals surface area (Å²) in [5.41, 5.74) is 5.04. The van der Waals surface area contributed by atoms with Crippen LogP contribution >= 0.6 is 0 Å². The van der Waals surface area contributed by atoms with E-state index in [0.717, 1.165) is 17.0 Å². The van der Waals surface area contributed by atoms with E-state index in [-0.39, 0.29) is 11.3 Å². The Balaban J connectivity index is 1.89. The van der Waals surface area contributed by atoms with Crippen molar-refractivity contribution in [1.29, 1.82) is 0 Å². The largest absolute Gasteiger partial charge is 0.497 e. The molecule has 0 spiro atoms. The van der Waals surface area contributed by atoms with E-state index < -0.39 is 0 Å². The summed E-state index contributed by atoms with van der Waals surface area (Å²) in [7, 11) is 1.58. The lowest BCUT2D eigenvalue weighted by Gasteiger charge is -2.19. The van der Waals surface area contributed by atoms with Gasteiger partial charge in [0.1, 0.15) is 11.4 Å². The Morgan fingerprint density at radius 1 is 1.11 bits per heavy atom. The van der Waals surface area contributed by atoms with E-state index in [1.807, 2.05) is 25.1 Å². The number of amides is 1. The van der Waals surface area contributed by atoms with Crippen molar-refractivity contribution in [3.8, 4) is 17.0 Å². The smallest absolute Gasteiger partial charge is 0.255 e. The average molecular weight is 363 g/mol. The van der Waals surface area contributed by atoms with Crippen molar-refractivity contribution >= 4 is 11.6 Å². The van der Waals surface area contributed by atoms with Crippen molar-refractivity contribution in [1.82, 2.24) is 10.2 Å². The van der Waals surface area contributed by atoms with E-state index in [0.29, 0.717) is 17.0 Å². The number of aryl methyl sites for hydroxylation is 1. The van der Waals surface area contributed by atoms with Crippen LogP contribution in [0.2, 0.25) is 0 Å². The Morgan fingerprint density at radius 3 is 2.44 bits per heavy atom. The van der Waals surface area contributed by atoms with Crippen LogP contribution in [0.3, 0.4) is 0 Å². The fraction of sp³-hybridized carbons (Fsp3) is 0.273. The molecule has 0 radical (unpaired) electrons. The van der Waals surface area contributed by atoms with Gasteiger partial charge < -0.3 is 10.1 Å². The van der Waals surface area contributed by atoms with Gasteiger partial charge in [0, 0.05) is 11.1 Å². The molecule has 0 saturated heterocycles. The van der Waals surface area contributed by atoms with Crippen LogP contribution in [-0.4, -0.2) is 23.2 Å². The molecular formula is C22H25N3O2. The van der Waals surface area contributed by atoms with E-state index in [2.05, 4.69) is 48.4 Å². The summed E-state index contributed by atoms with van der Waals surface area (Å²) in [6.45, 7) is 8.43. The van der Waals surface area contributed by atoms with Crippen molar-refractivity contribution < 1.29 is 9.53 Å². The van der Waals surface area contributed by atoms with Crippen LogP contribution in [0.15, 0.2) is 48.5 Å². The Morgan fingerprint density at radius 2 is 1.81 bits per heavy atom. The number of ether oxygens (including phenoxy) is 1. The van der Waals surface area contributed by atoms with Gasteiger partial charge in [-0.05, 0) is 36.1 Å². The maximum atomic E-state index is 12.7. The van der Waals surface area contributed by atoms with Gasteiger partial charge in [-0.3, -0.25) is 9.89 Å². The molecule has 27 heavy (non-hydrogen) atoms. The molecule has 3 aromatic rings. The zero-order valence-electron chi connectivity index (χ0n) is 16.4. The Kier molecular flexibility index (Phi) is 5.04. The zero-order valence-corrected chi connectivity index (χ0v) is 16.4. The van der Waals surface area contributed by atoms with Crippen LogP contribution < -0.4 is 10.1 Å². The van der Waals surface area contributed by atoms with Crippen LogP contribution in [0.5, 0.6) is 5.75 Å². The number of benzene rings is 2. The highest BCUT2D eigenvalue weighted by molar-refractivity contribution is 6.06. The van der Waals surface area contributed by atoms with Gasteiger partial charge in [-0.15, -0.1) is 0 Å². The third kappa shape index (κ3) is 4.03. The fourth-order valence-corrected chi connectivity index (χ4v) is 2.87. The molecule has 0 unspecified atom stereocenters. The Hall–Kier alpha value is -3.08. The molecule has 0 fully saturated rings. The molecule has 0 saturated carbocycles. The third-order valence-corrected chi connectivity index (χ3v) is 4.54. The number of carbonyl (C=O) groups is 1. The van der Waals surface area contributed by atoms with Gasteiger partial charge in [0.2, 0.25) is 0 Å². The number of hydrogen-bond acceptors (Lipinski definition) is 3. The predicted molar refractivity (Wildman–Crippen MR) is 108 cm³/mol. The number of aromatic nitrogens is 2. The molecule has 5 heteroatoms. The lowest BCUT2D eigenvalue weighted by Crippen LogP contribution is -2.13. The van der Waals surface area contributed by atoms with Crippen LogP contribution in [0, 0.1) is 6.92 Å². The van der Waals surface area contributed by atoms with Crippen LogP contribution in [-0.2, 0) is 5.41 Å².